The van der Waals surface area contributed by atoms with Crippen LogP contribution in [0.5, 0.6) is 5.75 Å². The highest BCUT2D eigenvalue weighted by Crippen LogP contribution is 2.39. The van der Waals surface area contributed by atoms with Gasteiger partial charge in [-0.1, -0.05) is 60.7 Å². The molecule has 1 aliphatic heterocycles. The predicted octanol–water partition coefficient (Wildman–Crippen LogP) is 10.0. The lowest BCUT2D eigenvalue weighted by Gasteiger charge is -2.34. The Kier molecular flexibility index (Phi) is 11.6. The average Bonchev–Trinajstić information content (AvgIpc) is 3.44. The molecule has 0 radical (unpaired) electrons. The van der Waals surface area contributed by atoms with Crippen LogP contribution in [0.15, 0.2) is 103 Å². The Labute approximate surface area is 295 Å². The molecule has 4 aromatic carbocycles. The fraction of sp³-hybridized carbons (Fsp3) is 0.333. The third-order valence-electron chi connectivity index (χ3n) is 8.30. The number of carbonyl (C=O) groups is 2. The van der Waals surface area contributed by atoms with Crippen LogP contribution >= 0.6 is 0 Å². The smallest absolute Gasteiger partial charge is 0.417 e. The van der Waals surface area contributed by atoms with Crippen molar-refractivity contribution in [3.8, 4) is 5.75 Å². The molecule has 0 aromatic heterocycles. The van der Waals surface area contributed by atoms with Crippen molar-refractivity contribution in [1.82, 2.24) is 4.90 Å². The summed E-state index contributed by atoms with van der Waals surface area (Å²) < 4.78 is 46.8. The summed E-state index contributed by atoms with van der Waals surface area (Å²) in [5.41, 5.74) is 2.81. The van der Waals surface area contributed by atoms with Crippen LogP contribution in [0.2, 0.25) is 39.3 Å². The number of hydrogen-bond acceptors (Lipinski definition) is 6. The zero-order valence-electron chi connectivity index (χ0n) is 29.5. The third kappa shape index (κ3) is 9.89. The molecule has 1 N–H and O–H groups in total. The first-order valence-corrected chi connectivity index (χ1v) is 23.8. The van der Waals surface area contributed by atoms with Crippen LogP contribution < -0.4 is 9.74 Å². The van der Waals surface area contributed by atoms with Crippen LogP contribution in [-0.4, -0.2) is 40.1 Å². The Morgan fingerprint density at radius 1 is 0.820 bits per heavy atom. The zero-order valence-corrected chi connectivity index (χ0v) is 31.5. The number of amides is 2. The maximum absolute atomic E-state index is 15.0. The molecule has 50 heavy (non-hydrogen) atoms. The fourth-order valence-electron chi connectivity index (χ4n) is 6.20. The minimum Gasteiger partial charge on any atom is -0.544 e. The van der Waals surface area contributed by atoms with Gasteiger partial charge in [0, 0.05) is 5.69 Å². The molecule has 7 nitrogen and oxygen atoms in total. The quantitative estimate of drug-likeness (QED) is 0.131. The topological polar surface area (TPSA) is 77.1 Å². The van der Waals surface area contributed by atoms with E-state index in [9.17, 15) is 18.4 Å². The van der Waals surface area contributed by atoms with Crippen molar-refractivity contribution in [2.75, 3.05) is 11.9 Å². The molecule has 2 amide bonds. The van der Waals surface area contributed by atoms with E-state index in [1.807, 2.05) is 54.6 Å². The average molecular weight is 717 g/mol. The zero-order chi connectivity index (χ0) is 36.1. The van der Waals surface area contributed by atoms with E-state index in [1.54, 1.807) is 24.3 Å². The summed E-state index contributed by atoms with van der Waals surface area (Å²) in [6.45, 7) is 12.6. The van der Waals surface area contributed by atoms with Gasteiger partial charge in [0.1, 0.15) is 30.0 Å². The molecule has 264 valence electrons. The monoisotopic (exact) mass is 716 g/mol. The number of halogens is 2. The Morgan fingerprint density at radius 2 is 1.48 bits per heavy atom. The first-order chi connectivity index (χ1) is 23.7. The van der Waals surface area contributed by atoms with Crippen molar-refractivity contribution >= 4 is 34.3 Å². The van der Waals surface area contributed by atoms with E-state index in [4.69, 9.17) is 13.6 Å². The predicted molar refractivity (Wildman–Crippen MR) is 197 cm³/mol. The fourth-order valence-corrected chi connectivity index (χ4v) is 8.15. The molecule has 1 aliphatic rings. The second kappa shape index (κ2) is 15.7. The molecule has 4 aromatic rings. The summed E-state index contributed by atoms with van der Waals surface area (Å²) in [6.07, 6.45) is -0.485. The summed E-state index contributed by atoms with van der Waals surface area (Å²) in [5.74, 6) is -1.33. The van der Waals surface area contributed by atoms with Crippen LogP contribution in [0, 0.1) is 17.6 Å². The molecule has 11 heteroatoms. The first kappa shape index (κ1) is 36.9. The summed E-state index contributed by atoms with van der Waals surface area (Å²) in [6, 6.07) is 27.9. The lowest BCUT2D eigenvalue weighted by Crippen LogP contribution is -2.42. The van der Waals surface area contributed by atoms with E-state index in [-0.39, 0.29) is 18.8 Å². The van der Waals surface area contributed by atoms with Gasteiger partial charge in [0.2, 0.25) is 14.2 Å². The summed E-state index contributed by atoms with van der Waals surface area (Å²) in [7, 11) is -4.02. The van der Waals surface area contributed by atoms with Gasteiger partial charge in [0.25, 0.3) is 0 Å². The second-order valence-electron chi connectivity index (χ2n) is 14.6. The molecular formula is C39H46F2N2O5Si2. The highest BCUT2D eigenvalue weighted by molar-refractivity contribution is 6.70. The highest BCUT2D eigenvalue weighted by Gasteiger charge is 2.44. The van der Waals surface area contributed by atoms with E-state index in [0.29, 0.717) is 17.9 Å². The summed E-state index contributed by atoms with van der Waals surface area (Å²) in [5, 5.41) is 3.44. The number of carbonyl (C=O) groups excluding carboxylic acids is 2. The van der Waals surface area contributed by atoms with Gasteiger partial charge in [-0.15, -0.1) is 0 Å². The molecule has 1 fully saturated rings. The van der Waals surface area contributed by atoms with E-state index in [1.165, 1.54) is 29.2 Å². The molecule has 5 rings (SSSR count). The summed E-state index contributed by atoms with van der Waals surface area (Å²) in [4.78, 5) is 29.5. The number of nitrogens with zero attached hydrogens (tertiary/aromatic N) is 1. The van der Waals surface area contributed by atoms with Crippen LogP contribution in [0.25, 0.3) is 0 Å². The van der Waals surface area contributed by atoms with E-state index in [2.05, 4.69) is 44.6 Å². The van der Waals surface area contributed by atoms with Gasteiger partial charge in [0.05, 0.1) is 18.1 Å². The van der Waals surface area contributed by atoms with Gasteiger partial charge in [-0.05, 0) is 111 Å². The Bertz CT molecular complexity index is 1750. The highest BCUT2D eigenvalue weighted by atomic mass is 28.4. The molecule has 0 saturated carbocycles. The first-order valence-electron chi connectivity index (χ1n) is 17.0. The summed E-state index contributed by atoms with van der Waals surface area (Å²) >= 11 is 0. The van der Waals surface area contributed by atoms with Crippen molar-refractivity contribution in [2.24, 2.45) is 5.92 Å². The minimum atomic E-state index is -2.12. The van der Waals surface area contributed by atoms with Crippen molar-refractivity contribution in [3.63, 3.8) is 0 Å². The maximum Gasteiger partial charge on any atom is 0.417 e. The maximum atomic E-state index is 15.0. The molecule has 0 spiro atoms. The van der Waals surface area contributed by atoms with Crippen LogP contribution in [-0.2, 0) is 14.0 Å². The number of cyclic esters (lactones) is 1. The number of anilines is 1. The Balaban J connectivity index is 1.59. The second-order valence-corrected chi connectivity index (χ2v) is 23.5. The minimum absolute atomic E-state index is 0.0307. The standard InChI is InChI=1S/C39H46F2N2O5Si2/c1-49(2,3)47-33-21-17-29(18-22-33)37(42-32-14-10-13-31(41)25-32)34(23-24-36(48-50(4,5)6)28-15-19-30(40)20-16-28)38(44)43-35(26-46-39(43)45)27-11-8-7-9-12-27/h7-22,25,34-37,42H,23-24,26H2,1-6H3/t34-,35-,36+,37+/m1/s1. The van der Waals surface area contributed by atoms with Gasteiger partial charge in [-0.2, -0.15) is 0 Å². The number of rotatable bonds is 14. The Morgan fingerprint density at radius 3 is 2.10 bits per heavy atom. The molecule has 0 aliphatic carbocycles. The van der Waals surface area contributed by atoms with Crippen molar-refractivity contribution in [1.29, 1.82) is 0 Å². The van der Waals surface area contributed by atoms with E-state index in [0.717, 1.165) is 16.7 Å². The van der Waals surface area contributed by atoms with Crippen molar-refractivity contribution in [2.45, 2.75) is 70.3 Å². The SMILES string of the molecule is C[Si](C)(C)Oc1ccc([C@H](Nc2cccc(F)c2)[C@@H](CC[C@H](O[Si](C)(C)C)c2ccc(F)cc2)C(=O)N2C(=O)OC[C@@H]2c2ccccc2)cc1. The third-order valence-corrected chi connectivity index (χ3v) is 10.1. The molecule has 0 unspecified atom stereocenters. The Hall–Kier alpha value is -4.33. The van der Waals surface area contributed by atoms with Gasteiger partial charge in [0.15, 0.2) is 8.32 Å². The molecular weight excluding hydrogens is 671 g/mol. The molecule has 4 atom stereocenters. The van der Waals surface area contributed by atoms with Gasteiger partial charge in [-0.25, -0.2) is 18.5 Å². The molecule has 1 heterocycles. The number of hydrogen-bond donors (Lipinski definition) is 1. The molecule has 0 bridgehead atoms. The van der Waals surface area contributed by atoms with Gasteiger partial charge in [-0.3, -0.25) is 4.79 Å². The largest absolute Gasteiger partial charge is 0.544 e. The lowest BCUT2D eigenvalue weighted by molar-refractivity contribution is -0.134. The number of nitrogens with one attached hydrogen (secondary N) is 1. The number of benzene rings is 4. The van der Waals surface area contributed by atoms with Crippen LogP contribution in [0.3, 0.4) is 0 Å². The van der Waals surface area contributed by atoms with Gasteiger partial charge < -0.3 is 18.9 Å². The van der Waals surface area contributed by atoms with Crippen LogP contribution in [0.4, 0.5) is 19.3 Å². The molecule has 1 saturated heterocycles. The van der Waals surface area contributed by atoms with E-state index >= 15 is 0 Å². The van der Waals surface area contributed by atoms with Crippen molar-refractivity contribution < 1.29 is 32.0 Å². The lowest BCUT2D eigenvalue weighted by atomic mass is 9.85. The van der Waals surface area contributed by atoms with Crippen LogP contribution in [0.1, 0.15) is 47.7 Å². The van der Waals surface area contributed by atoms with E-state index < -0.39 is 58.6 Å². The number of imide groups is 1. The van der Waals surface area contributed by atoms with Gasteiger partial charge >= 0.3 is 6.09 Å². The van der Waals surface area contributed by atoms with Crippen molar-refractivity contribution in [3.05, 3.63) is 131 Å². The number of ether oxygens (including phenoxy) is 1. The normalized spacial score (nSPS) is 16.8.